The van der Waals surface area contributed by atoms with Crippen LogP contribution in [0.5, 0.6) is 0 Å². The van der Waals surface area contributed by atoms with Crippen molar-refractivity contribution < 1.29 is 4.39 Å². The number of alkyl halides is 1. The number of aryl methyl sites for hydroxylation is 2. The molecule has 2 rings (SSSR count). The topological polar surface area (TPSA) is 3.24 Å². The molecule has 0 bridgehead atoms. The molecule has 0 heterocycles. The van der Waals surface area contributed by atoms with Gasteiger partial charge in [0.05, 0.1) is 5.69 Å². The van der Waals surface area contributed by atoms with Gasteiger partial charge in [0.2, 0.25) is 0 Å². The Labute approximate surface area is 122 Å². The van der Waals surface area contributed by atoms with Crippen LogP contribution in [0, 0.1) is 19.7 Å². The maximum absolute atomic E-state index is 14.1. The first-order valence-corrected chi connectivity index (χ1v) is 7.30. The fraction of sp³-hybridized carbons (Fsp3) is 0.250. The number of halogens is 2. The van der Waals surface area contributed by atoms with Gasteiger partial charge in [-0.1, -0.05) is 34.1 Å². The normalized spacial score (nSPS) is 10.6. The minimum absolute atomic E-state index is 0.196. The second-order valence-electron chi connectivity index (χ2n) is 4.79. The van der Waals surface area contributed by atoms with E-state index in [1.807, 2.05) is 18.0 Å². The Kier molecular flexibility index (Phi) is 4.25. The molecule has 100 valence electrons. The van der Waals surface area contributed by atoms with Gasteiger partial charge in [-0.25, -0.2) is 4.39 Å². The Bertz CT molecular complexity index is 575. The molecule has 0 amide bonds. The Hall–Kier alpha value is -1.35. The molecule has 0 radical (unpaired) electrons. The average Bonchev–Trinajstić information content (AvgIpc) is 2.36. The summed E-state index contributed by atoms with van der Waals surface area (Å²) in [5, 5.41) is 0.634. The van der Waals surface area contributed by atoms with Crippen molar-refractivity contribution in [3.8, 4) is 0 Å². The summed E-state index contributed by atoms with van der Waals surface area (Å²) in [5.41, 5.74) is 4.94. The van der Waals surface area contributed by atoms with Gasteiger partial charge >= 0.3 is 0 Å². The van der Waals surface area contributed by atoms with E-state index in [1.54, 1.807) is 6.07 Å². The summed E-state index contributed by atoms with van der Waals surface area (Å²) in [6.45, 7) is 4.11. The van der Waals surface area contributed by atoms with Crippen molar-refractivity contribution in [1.29, 1.82) is 0 Å². The molecule has 0 aromatic heterocycles. The van der Waals surface area contributed by atoms with E-state index < -0.39 is 0 Å². The van der Waals surface area contributed by atoms with Crippen molar-refractivity contribution in [2.75, 3.05) is 11.9 Å². The summed E-state index contributed by atoms with van der Waals surface area (Å²) in [6, 6.07) is 11.4. The van der Waals surface area contributed by atoms with E-state index in [0.717, 1.165) is 11.3 Å². The van der Waals surface area contributed by atoms with E-state index in [4.69, 9.17) is 0 Å². The van der Waals surface area contributed by atoms with Crippen molar-refractivity contribution in [2.24, 2.45) is 0 Å². The first kappa shape index (κ1) is 14.1. The van der Waals surface area contributed by atoms with E-state index >= 15 is 0 Å². The lowest BCUT2D eigenvalue weighted by atomic mass is 10.1. The zero-order chi connectivity index (χ0) is 14.0. The summed E-state index contributed by atoms with van der Waals surface area (Å²) < 4.78 is 14.1. The molecule has 0 fully saturated rings. The molecule has 3 heteroatoms. The summed E-state index contributed by atoms with van der Waals surface area (Å²) in [7, 11) is 1.90. The molecular formula is C16H17BrFN. The Morgan fingerprint density at radius 3 is 2.32 bits per heavy atom. The Morgan fingerprint density at radius 1 is 1.11 bits per heavy atom. The van der Waals surface area contributed by atoms with Crippen molar-refractivity contribution in [3.63, 3.8) is 0 Å². The molecule has 0 spiro atoms. The van der Waals surface area contributed by atoms with E-state index in [2.05, 4.69) is 48.0 Å². The van der Waals surface area contributed by atoms with Crippen molar-refractivity contribution >= 4 is 27.3 Å². The zero-order valence-electron chi connectivity index (χ0n) is 11.4. The molecule has 0 aliphatic heterocycles. The van der Waals surface area contributed by atoms with E-state index in [1.165, 1.54) is 17.2 Å². The van der Waals surface area contributed by atoms with Crippen LogP contribution >= 0.6 is 15.9 Å². The minimum atomic E-state index is -0.196. The largest absolute Gasteiger partial charge is 0.342 e. The Morgan fingerprint density at radius 2 is 1.74 bits per heavy atom. The van der Waals surface area contributed by atoms with Crippen molar-refractivity contribution in [1.82, 2.24) is 0 Å². The van der Waals surface area contributed by atoms with E-state index in [-0.39, 0.29) is 5.82 Å². The van der Waals surface area contributed by atoms with Gasteiger partial charge in [-0.3, -0.25) is 0 Å². The first-order chi connectivity index (χ1) is 9.02. The number of nitrogens with zero attached hydrogens (tertiary/aromatic N) is 1. The maximum Gasteiger partial charge on any atom is 0.147 e. The molecule has 0 saturated carbocycles. The van der Waals surface area contributed by atoms with Gasteiger partial charge in [0, 0.05) is 18.1 Å². The van der Waals surface area contributed by atoms with Crippen LogP contribution in [0.4, 0.5) is 15.8 Å². The molecule has 0 atom stereocenters. The zero-order valence-corrected chi connectivity index (χ0v) is 13.0. The fourth-order valence-electron chi connectivity index (χ4n) is 2.32. The van der Waals surface area contributed by atoms with Gasteiger partial charge in [-0.05, 0) is 48.7 Å². The molecule has 0 N–H and O–H groups in total. The molecule has 1 nitrogen and oxygen atoms in total. The third-order valence-corrected chi connectivity index (χ3v) is 3.75. The van der Waals surface area contributed by atoms with Gasteiger partial charge < -0.3 is 4.90 Å². The van der Waals surface area contributed by atoms with Crippen molar-refractivity contribution in [3.05, 3.63) is 58.9 Å². The highest BCUT2D eigenvalue weighted by Gasteiger charge is 2.14. The minimum Gasteiger partial charge on any atom is -0.342 e. The standard InChI is InChI=1S/C16H17BrFN/c1-11-7-12(2)9-14(8-11)19(3)16-13(10-17)5-4-6-15(16)18/h4-9H,10H2,1-3H3. The second-order valence-corrected chi connectivity index (χ2v) is 5.35. The van der Waals surface area contributed by atoms with Crippen LogP contribution in [-0.2, 0) is 5.33 Å². The SMILES string of the molecule is Cc1cc(C)cc(N(C)c2c(F)cccc2CBr)c1. The average molecular weight is 322 g/mol. The number of anilines is 2. The molecule has 2 aromatic rings. The van der Waals surface area contributed by atoms with Gasteiger partial charge in [0.1, 0.15) is 5.82 Å². The third-order valence-electron chi connectivity index (χ3n) is 3.14. The summed E-state index contributed by atoms with van der Waals surface area (Å²) in [4.78, 5) is 1.91. The summed E-state index contributed by atoms with van der Waals surface area (Å²) in [6.07, 6.45) is 0. The predicted octanol–water partition coefficient (Wildman–Crippen LogP) is 5.11. The lowest BCUT2D eigenvalue weighted by Gasteiger charge is -2.23. The second kappa shape index (κ2) is 5.74. The van der Waals surface area contributed by atoms with Crippen LogP contribution in [-0.4, -0.2) is 7.05 Å². The van der Waals surface area contributed by atoms with Crippen LogP contribution in [0.15, 0.2) is 36.4 Å². The van der Waals surface area contributed by atoms with Crippen LogP contribution in [0.3, 0.4) is 0 Å². The highest BCUT2D eigenvalue weighted by atomic mass is 79.9. The quantitative estimate of drug-likeness (QED) is 0.710. The van der Waals surface area contributed by atoms with E-state index in [9.17, 15) is 4.39 Å². The molecule has 0 unspecified atom stereocenters. The summed E-state index contributed by atoms with van der Waals surface area (Å²) >= 11 is 3.42. The number of benzene rings is 2. The van der Waals surface area contributed by atoms with E-state index in [0.29, 0.717) is 11.0 Å². The number of para-hydroxylation sites is 1. The lowest BCUT2D eigenvalue weighted by molar-refractivity contribution is 0.626. The van der Waals surface area contributed by atoms with Gasteiger partial charge in [0.15, 0.2) is 0 Å². The first-order valence-electron chi connectivity index (χ1n) is 6.18. The van der Waals surface area contributed by atoms with Gasteiger partial charge in [-0.2, -0.15) is 0 Å². The highest BCUT2D eigenvalue weighted by Crippen LogP contribution is 2.32. The summed E-state index contributed by atoms with van der Waals surface area (Å²) in [5.74, 6) is -0.196. The number of hydrogen-bond donors (Lipinski definition) is 0. The molecular weight excluding hydrogens is 305 g/mol. The Balaban J connectivity index is 2.52. The van der Waals surface area contributed by atoms with Crippen molar-refractivity contribution in [2.45, 2.75) is 19.2 Å². The molecule has 0 aliphatic rings. The molecule has 2 aromatic carbocycles. The molecule has 19 heavy (non-hydrogen) atoms. The number of hydrogen-bond acceptors (Lipinski definition) is 1. The maximum atomic E-state index is 14.1. The van der Waals surface area contributed by atoms with Gasteiger partial charge in [0.25, 0.3) is 0 Å². The van der Waals surface area contributed by atoms with Crippen LogP contribution in [0.2, 0.25) is 0 Å². The third kappa shape index (κ3) is 2.98. The predicted molar refractivity (Wildman–Crippen MR) is 83.0 cm³/mol. The van der Waals surface area contributed by atoms with Crippen LogP contribution in [0.25, 0.3) is 0 Å². The smallest absolute Gasteiger partial charge is 0.147 e. The van der Waals surface area contributed by atoms with Crippen LogP contribution in [0.1, 0.15) is 16.7 Å². The monoisotopic (exact) mass is 321 g/mol. The fourth-order valence-corrected chi connectivity index (χ4v) is 2.77. The van der Waals surface area contributed by atoms with Crippen LogP contribution < -0.4 is 4.90 Å². The number of rotatable bonds is 3. The molecule has 0 aliphatic carbocycles. The lowest BCUT2D eigenvalue weighted by Crippen LogP contribution is -2.13. The molecule has 0 saturated heterocycles. The highest BCUT2D eigenvalue weighted by molar-refractivity contribution is 9.08. The van der Waals surface area contributed by atoms with Gasteiger partial charge in [-0.15, -0.1) is 0 Å².